The van der Waals surface area contributed by atoms with E-state index in [2.05, 4.69) is 24.8 Å². The third-order valence-electron chi connectivity index (χ3n) is 4.18. The average molecular weight is 285 g/mol. The summed E-state index contributed by atoms with van der Waals surface area (Å²) in [7, 11) is 0. The molecule has 0 saturated carbocycles. The van der Waals surface area contributed by atoms with Gasteiger partial charge in [-0.2, -0.15) is 0 Å². The fourth-order valence-electron chi connectivity index (χ4n) is 2.82. The first-order valence-corrected chi connectivity index (χ1v) is 7.02. The van der Waals surface area contributed by atoms with Crippen LogP contribution in [0.25, 0.3) is 0 Å². The van der Waals surface area contributed by atoms with Gasteiger partial charge >= 0.3 is 0 Å². The third kappa shape index (κ3) is 2.64. The van der Waals surface area contributed by atoms with E-state index in [0.717, 1.165) is 37.4 Å². The number of nitrogens with zero attached hydrogens (tertiary/aromatic N) is 5. The van der Waals surface area contributed by atoms with Crippen molar-refractivity contribution in [2.75, 3.05) is 30.3 Å². The zero-order valence-electron chi connectivity index (χ0n) is 11.8. The lowest BCUT2D eigenvalue weighted by Gasteiger charge is -2.40. The molecule has 0 amide bonds. The molecule has 7 nitrogen and oxygen atoms in total. The second-order valence-corrected chi connectivity index (χ2v) is 5.36. The summed E-state index contributed by atoms with van der Waals surface area (Å²) in [6.07, 6.45) is 10.4. The van der Waals surface area contributed by atoms with Crippen LogP contribution in [0.2, 0.25) is 0 Å². The first kappa shape index (κ1) is 13.7. The molecule has 0 aromatic carbocycles. The van der Waals surface area contributed by atoms with Crippen molar-refractivity contribution in [3.63, 3.8) is 0 Å². The number of hydrogen-bond donors (Lipinski definition) is 2. The van der Waals surface area contributed by atoms with Crippen LogP contribution in [-0.2, 0) is 5.41 Å². The standard InChI is InChI=1S/C14H19N7/c15-10-14(11-7-17-3-4-19-11)1-5-21(6-2-14)13-9-18-8-12(16)20-13/h3-4,7-9H,1-2,5-6,10,15H2,(H2,16,20). The molecule has 7 heteroatoms. The van der Waals surface area contributed by atoms with Crippen molar-refractivity contribution in [2.45, 2.75) is 18.3 Å². The van der Waals surface area contributed by atoms with Gasteiger partial charge in [-0.25, -0.2) is 4.98 Å². The minimum atomic E-state index is -0.0987. The van der Waals surface area contributed by atoms with Gasteiger partial charge in [0.15, 0.2) is 0 Å². The highest BCUT2D eigenvalue weighted by Crippen LogP contribution is 2.34. The van der Waals surface area contributed by atoms with E-state index in [1.165, 1.54) is 0 Å². The summed E-state index contributed by atoms with van der Waals surface area (Å²) in [4.78, 5) is 19.2. The number of nitrogens with two attached hydrogens (primary N) is 2. The maximum absolute atomic E-state index is 6.04. The van der Waals surface area contributed by atoms with Crippen LogP contribution in [0, 0.1) is 0 Å². The summed E-state index contributed by atoms with van der Waals surface area (Å²) < 4.78 is 0. The summed E-state index contributed by atoms with van der Waals surface area (Å²) in [6, 6.07) is 0. The lowest BCUT2D eigenvalue weighted by molar-refractivity contribution is 0.329. The molecule has 0 bridgehead atoms. The van der Waals surface area contributed by atoms with Gasteiger partial charge in [-0.05, 0) is 12.8 Å². The topological polar surface area (TPSA) is 107 Å². The first-order chi connectivity index (χ1) is 10.2. The van der Waals surface area contributed by atoms with E-state index in [1.807, 2.05) is 6.20 Å². The molecule has 1 saturated heterocycles. The van der Waals surface area contributed by atoms with Crippen LogP contribution in [0.5, 0.6) is 0 Å². The van der Waals surface area contributed by atoms with Crippen molar-refractivity contribution in [1.29, 1.82) is 0 Å². The zero-order valence-corrected chi connectivity index (χ0v) is 11.8. The van der Waals surface area contributed by atoms with Gasteiger partial charge in [-0.1, -0.05) is 0 Å². The first-order valence-electron chi connectivity index (χ1n) is 7.02. The van der Waals surface area contributed by atoms with Crippen LogP contribution >= 0.6 is 0 Å². The summed E-state index contributed by atoms with van der Waals surface area (Å²) in [6.45, 7) is 2.28. The zero-order chi connectivity index (χ0) is 14.7. The molecule has 0 radical (unpaired) electrons. The molecule has 2 aromatic rings. The molecule has 3 heterocycles. The predicted octanol–water partition coefficient (Wildman–Crippen LogP) is 0.346. The smallest absolute Gasteiger partial charge is 0.149 e. The Bertz CT molecular complexity index is 593. The van der Waals surface area contributed by atoms with E-state index in [9.17, 15) is 0 Å². The van der Waals surface area contributed by atoms with Crippen LogP contribution in [0.1, 0.15) is 18.5 Å². The molecular weight excluding hydrogens is 266 g/mol. The Morgan fingerprint density at radius 2 is 1.90 bits per heavy atom. The number of anilines is 2. The van der Waals surface area contributed by atoms with Gasteiger partial charge in [0.1, 0.15) is 11.6 Å². The van der Waals surface area contributed by atoms with Gasteiger partial charge < -0.3 is 16.4 Å². The molecule has 0 unspecified atom stereocenters. The van der Waals surface area contributed by atoms with Crippen LogP contribution in [0.4, 0.5) is 11.6 Å². The van der Waals surface area contributed by atoms with E-state index in [0.29, 0.717) is 12.4 Å². The largest absolute Gasteiger partial charge is 0.382 e. The normalized spacial score (nSPS) is 17.7. The fourth-order valence-corrected chi connectivity index (χ4v) is 2.82. The minimum absolute atomic E-state index is 0.0987. The highest BCUT2D eigenvalue weighted by molar-refractivity contribution is 5.42. The highest BCUT2D eigenvalue weighted by Gasteiger charge is 2.36. The second kappa shape index (κ2) is 5.61. The molecule has 2 aromatic heterocycles. The Kier molecular flexibility index (Phi) is 3.66. The molecule has 1 fully saturated rings. The molecule has 21 heavy (non-hydrogen) atoms. The molecule has 1 aliphatic heterocycles. The average Bonchev–Trinajstić information content (AvgIpc) is 2.56. The lowest BCUT2D eigenvalue weighted by Crippen LogP contribution is -2.47. The molecule has 0 aliphatic carbocycles. The van der Waals surface area contributed by atoms with Gasteiger partial charge in [-0.15, -0.1) is 0 Å². The summed E-state index contributed by atoms with van der Waals surface area (Å²) in [5.74, 6) is 1.26. The number of nitrogen functional groups attached to an aromatic ring is 1. The van der Waals surface area contributed by atoms with E-state index in [1.54, 1.807) is 24.8 Å². The van der Waals surface area contributed by atoms with Gasteiger partial charge in [0.25, 0.3) is 0 Å². The van der Waals surface area contributed by atoms with Crippen molar-refractivity contribution >= 4 is 11.6 Å². The molecule has 4 N–H and O–H groups in total. The summed E-state index contributed by atoms with van der Waals surface area (Å²) in [5, 5.41) is 0. The van der Waals surface area contributed by atoms with Gasteiger partial charge in [0, 0.05) is 43.6 Å². The maximum atomic E-state index is 6.04. The Morgan fingerprint density at radius 1 is 1.10 bits per heavy atom. The highest BCUT2D eigenvalue weighted by atomic mass is 15.2. The Hall–Kier alpha value is -2.28. The van der Waals surface area contributed by atoms with Crippen LogP contribution in [-0.4, -0.2) is 39.6 Å². The Morgan fingerprint density at radius 3 is 2.52 bits per heavy atom. The molecular formula is C14H19N7. The van der Waals surface area contributed by atoms with Crippen molar-refractivity contribution < 1.29 is 0 Å². The second-order valence-electron chi connectivity index (χ2n) is 5.36. The molecule has 1 aliphatic rings. The Balaban J connectivity index is 1.77. The fraction of sp³-hybridized carbons (Fsp3) is 0.429. The number of piperidine rings is 1. The summed E-state index contributed by atoms with van der Waals surface area (Å²) in [5.41, 5.74) is 12.6. The van der Waals surface area contributed by atoms with E-state index in [4.69, 9.17) is 11.5 Å². The van der Waals surface area contributed by atoms with Crippen LogP contribution < -0.4 is 16.4 Å². The van der Waals surface area contributed by atoms with Crippen molar-refractivity contribution in [2.24, 2.45) is 5.73 Å². The van der Waals surface area contributed by atoms with Gasteiger partial charge in [-0.3, -0.25) is 15.0 Å². The quantitative estimate of drug-likeness (QED) is 0.837. The predicted molar refractivity (Wildman–Crippen MR) is 80.7 cm³/mol. The van der Waals surface area contributed by atoms with E-state index in [-0.39, 0.29) is 5.41 Å². The van der Waals surface area contributed by atoms with E-state index >= 15 is 0 Å². The number of aromatic nitrogens is 4. The van der Waals surface area contributed by atoms with E-state index < -0.39 is 0 Å². The van der Waals surface area contributed by atoms with Gasteiger partial charge in [0.05, 0.1) is 18.1 Å². The van der Waals surface area contributed by atoms with Crippen LogP contribution in [0.3, 0.4) is 0 Å². The molecule has 110 valence electrons. The number of rotatable bonds is 3. The van der Waals surface area contributed by atoms with Crippen LogP contribution in [0.15, 0.2) is 31.0 Å². The van der Waals surface area contributed by atoms with Crippen molar-refractivity contribution in [3.05, 3.63) is 36.7 Å². The lowest BCUT2D eigenvalue weighted by atomic mass is 9.76. The van der Waals surface area contributed by atoms with Gasteiger partial charge in [0.2, 0.25) is 0 Å². The minimum Gasteiger partial charge on any atom is -0.382 e. The summed E-state index contributed by atoms with van der Waals surface area (Å²) >= 11 is 0. The monoisotopic (exact) mass is 285 g/mol. The van der Waals surface area contributed by atoms with Crippen molar-refractivity contribution in [3.8, 4) is 0 Å². The molecule has 0 atom stereocenters. The van der Waals surface area contributed by atoms with Crippen molar-refractivity contribution in [1.82, 2.24) is 19.9 Å². The SMILES string of the molecule is NCC1(c2cnccn2)CCN(c2cncc(N)n2)CC1. The molecule has 0 spiro atoms. The third-order valence-corrected chi connectivity index (χ3v) is 4.18. The number of hydrogen-bond acceptors (Lipinski definition) is 7. The molecule has 3 rings (SSSR count). The Labute approximate surface area is 123 Å². The maximum Gasteiger partial charge on any atom is 0.149 e.